The molecule has 2 aromatic rings. The van der Waals surface area contributed by atoms with Crippen molar-refractivity contribution in [3.8, 4) is 0 Å². The molecule has 0 unspecified atom stereocenters. The number of anilines is 2. The summed E-state index contributed by atoms with van der Waals surface area (Å²) < 4.78 is 0. The van der Waals surface area contributed by atoms with Gasteiger partial charge in [-0.2, -0.15) is 0 Å². The van der Waals surface area contributed by atoms with Crippen molar-refractivity contribution >= 4 is 22.7 Å². The van der Waals surface area contributed by atoms with Gasteiger partial charge in [0.2, 0.25) is 0 Å². The highest BCUT2D eigenvalue weighted by atomic mass is 16.6. The predicted molar refractivity (Wildman–Crippen MR) is 83.6 cm³/mol. The quantitative estimate of drug-likeness (QED) is 0.653. The number of nitrogens with one attached hydrogen (secondary N) is 1. The van der Waals surface area contributed by atoms with E-state index in [0.29, 0.717) is 0 Å². The lowest BCUT2D eigenvalue weighted by atomic mass is 10.0. The minimum atomic E-state index is -0.654. The number of benzene rings is 2. The molecule has 0 bridgehead atoms. The van der Waals surface area contributed by atoms with Crippen molar-refractivity contribution in [2.45, 2.75) is 19.8 Å². The molecule has 0 spiro atoms. The Morgan fingerprint density at radius 1 is 0.955 bits per heavy atom. The lowest BCUT2D eigenvalue weighted by molar-refractivity contribution is -0.393. The largest absolute Gasteiger partial charge is 0.350 e. The third-order valence-electron chi connectivity index (χ3n) is 3.24. The van der Waals surface area contributed by atoms with Gasteiger partial charge in [-0.05, 0) is 23.6 Å². The summed E-state index contributed by atoms with van der Waals surface area (Å²) in [6, 6.07) is 11.0. The van der Waals surface area contributed by atoms with Crippen LogP contribution >= 0.6 is 0 Å². The van der Waals surface area contributed by atoms with Gasteiger partial charge in [0.25, 0.3) is 11.4 Å². The van der Waals surface area contributed by atoms with E-state index in [9.17, 15) is 20.2 Å². The van der Waals surface area contributed by atoms with Crippen molar-refractivity contribution in [3.63, 3.8) is 0 Å². The summed E-state index contributed by atoms with van der Waals surface area (Å²) in [5.41, 5.74) is 1.34. The molecular weight excluding hydrogens is 286 g/mol. The van der Waals surface area contributed by atoms with E-state index in [1.54, 1.807) is 0 Å². The SMILES string of the molecule is CC(C)c1ccccc1Nc1ccc([N+](=O)[O-])cc1[N+](=O)[O-]. The lowest BCUT2D eigenvalue weighted by Crippen LogP contribution is -2.01. The normalized spacial score (nSPS) is 10.5. The van der Waals surface area contributed by atoms with E-state index in [2.05, 4.69) is 5.32 Å². The average Bonchev–Trinajstić information content (AvgIpc) is 2.47. The molecule has 114 valence electrons. The Hall–Kier alpha value is -2.96. The summed E-state index contributed by atoms with van der Waals surface area (Å²) >= 11 is 0. The molecule has 0 heterocycles. The van der Waals surface area contributed by atoms with Gasteiger partial charge in [-0.15, -0.1) is 0 Å². The van der Waals surface area contributed by atoms with E-state index >= 15 is 0 Å². The first-order valence-corrected chi connectivity index (χ1v) is 6.69. The molecule has 2 aromatic carbocycles. The summed E-state index contributed by atoms with van der Waals surface area (Å²) in [6.45, 7) is 4.04. The van der Waals surface area contributed by atoms with E-state index in [4.69, 9.17) is 0 Å². The Morgan fingerprint density at radius 3 is 2.23 bits per heavy atom. The molecule has 2 rings (SSSR count). The van der Waals surface area contributed by atoms with Crippen LogP contribution in [0.3, 0.4) is 0 Å². The smallest absolute Gasteiger partial charge is 0.299 e. The lowest BCUT2D eigenvalue weighted by Gasteiger charge is -2.14. The van der Waals surface area contributed by atoms with Gasteiger partial charge in [0.15, 0.2) is 0 Å². The first kappa shape index (κ1) is 15.4. The molecule has 1 N–H and O–H groups in total. The number of nitro benzene ring substituents is 2. The zero-order valence-electron chi connectivity index (χ0n) is 12.1. The van der Waals surface area contributed by atoms with Crippen LogP contribution in [0.1, 0.15) is 25.3 Å². The molecule has 0 aliphatic rings. The molecular formula is C15H15N3O4. The van der Waals surface area contributed by atoms with Crippen LogP contribution in [0.25, 0.3) is 0 Å². The van der Waals surface area contributed by atoms with Crippen molar-refractivity contribution in [1.82, 2.24) is 0 Å². The molecule has 7 nitrogen and oxygen atoms in total. The first-order chi connectivity index (χ1) is 10.4. The van der Waals surface area contributed by atoms with Crippen LogP contribution in [0, 0.1) is 20.2 Å². The maximum atomic E-state index is 11.1. The van der Waals surface area contributed by atoms with Gasteiger partial charge in [0.05, 0.1) is 15.9 Å². The molecule has 0 saturated heterocycles. The molecule has 0 aromatic heterocycles. The van der Waals surface area contributed by atoms with Gasteiger partial charge >= 0.3 is 0 Å². The molecule has 0 saturated carbocycles. The van der Waals surface area contributed by atoms with Crippen molar-refractivity contribution in [2.75, 3.05) is 5.32 Å². The number of nitro groups is 2. The molecule has 0 atom stereocenters. The van der Waals surface area contributed by atoms with Crippen LogP contribution in [0.2, 0.25) is 0 Å². The fourth-order valence-electron chi connectivity index (χ4n) is 2.15. The van der Waals surface area contributed by atoms with Crippen molar-refractivity contribution < 1.29 is 9.85 Å². The Balaban J connectivity index is 2.46. The van der Waals surface area contributed by atoms with Crippen molar-refractivity contribution in [3.05, 3.63) is 68.3 Å². The molecule has 7 heteroatoms. The zero-order chi connectivity index (χ0) is 16.3. The number of rotatable bonds is 5. The minimum absolute atomic E-state index is 0.226. The minimum Gasteiger partial charge on any atom is -0.350 e. The van der Waals surface area contributed by atoms with Crippen LogP contribution in [0.4, 0.5) is 22.7 Å². The Morgan fingerprint density at radius 2 is 1.64 bits per heavy atom. The average molecular weight is 301 g/mol. The van der Waals surface area contributed by atoms with E-state index in [0.717, 1.165) is 17.3 Å². The summed E-state index contributed by atoms with van der Waals surface area (Å²) in [5, 5.41) is 24.9. The molecule has 0 aliphatic carbocycles. The molecule has 0 aliphatic heterocycles. The number of nitrogens with zero attached hydrogens (tertiary/aromatic N) is 2. The van der Waals surface area contributed by atoms with Crippen LogP contribution in [-0.2, 0) is 0 Å². The Labute approximate surface area is 126 Å². The second-order valence-corrected chi connectivity index (χ2v) is 5.08. The number of hydrogen-bond donors (Lipinski definition) is 1. The molecule has 0 radical (unpaired) electrons. The maximum absolute atomic E-state index is 11.1. The Bertz CT molecular complexity index is 728. The van der Waals surface area contributed by atoms with Gasteiger partial charge in [-0.1, -0.05) is 32.0 Å². The van der Waals surface area contributed by atoms with Crippen LogP contribution < -0.4 is 5.32 Å². The fraction of sp³-hybridized carbons (Fsp3) is 0.200. The maximum Gasteiger partial charge on any atom is 0.299 e. The number of para-hydroxylation sites is 1. The predicted octanol–water partition coefficient (Wildman–Crippen LogP) is 4.37. The third kappa shape index (κ3) is 3.20. The molecule has 0 fully saturated rings. The standard InChI is InChI=1S/C15H15N3O4/c1-10(2)12-5-3-4-6-13(12)16-14-8-7-11(17(19)20)9-15(14)18(21)22/h3-10,16H,1-2H3. The summed E-state index contributed by atoms with van der Waals surface area (Å²) in [6.07, 6.45) is 0. The van der Waals surface area contributed by atoms with Gasteiger partial charge in [-0.3, -0.25) is 20.2 Å². The third-order valence-corrected chi connectivity index (χ3v) is 3.24. The monoisotopic (exact) mass is 301 g/mol. The highest BCUT2D eigenvalue weighted by Gasteiger charge is 2.20. The Kier molecular flexibility index (Phi) is 4.36. The zero-order valence-corrected chi connectivity index (χ0v) is 12.1. The van der Waals surface area contributed by atoms with Crippen LogP contribution in [-0.4, -0.2) is 9.85 Å². The second-order valence-electron chi connectivity index (χ2n) is 5.08. The summed E-state index contributed by atoms with van der Waals surface area (Å²) in [5.74, 6) is 0.237. The number of hydrogen-bond acceptors (Lipinski definition) is 5. The molecule has 22 heavy (non-hydrogen) atoms. The van der Waals surface area contributed by atoms with E-state index in [-0.39, 0.29) is 23.0 Å². The van der Waals surface area contributed by atoms with Crippen LogP contribution in [0.5, 0.6) is 0 Å². The van der Waals surface area contributed by atoms with E-state index < -0.39 is 9.85 Å². The molecule has 0 amide bonds. The summed E-state index contributed by atoms with van der Waals surface area (Å²) in [7, 11) is 0. The highest BCUT2D eigenvalue weighted by molar-refractivity contribution is 5.73. The second kappa shape index (κ2) is 6.21. The van der Waals surface area contributed by atoms with Crippen LogP contribution in [0.15, 0.2) is 42.5 Å². The van der Waals surface area contributed by atoms with E-state index in [1.807, 2.05) is 38.1 Å². The van der Waals surface area contributed by atoms with E-state index in [1.165, 1.54) is 12.1 Å². The number of non-ortho nitro benzene ring substituents is 1. The van der Waals surface area contributed by atoms with Gasteiger partial charge in [0, 0.05) is 11.8 Å². The summed E-state index contributed by atoms with van der Waals surface area (Å²) in [4.78, 5) is 20.6. The highest BCUT2D eigenvalue weighted by Crippen LogP contribution is 2.33. The van der Waals surface area contributed by atoms with Gasteiger partial charge < -0.3 is 5.32 Å². The fourth-order valence-corrected chi connectivity index (χ4v) is 2.15. The van der Waals surface area contributed by atoms with Gasteiger partial charge in [0.1, 0.15) is 5.69 Å². The topological polar surface area (TPSA) is 98.3 Å². The van der Waals surface area contributed by atoms with Crippen molar-refractivity contribution in [2.24, 2.45) is 0 Å². The van der Waals surface area contributed by atoms with Gasteiger partial charge in [-0.25, -0.2) is 0 Å². The first-order valence-electron chi connectivity index (χ1n) is 6.69. The van der Waals surface area contributed by atoms with Crippen molar-refractivity contribution in [1.29, 1.82) is 0 Å².